The molecular formula is C11H11BrO5. The number of carbonyl (C=O) groups excluding carboxylic acids is 1. The van der Waals surface area contributed by atoms with Gasteiger partial charge >= 0.3 is 5.97 Å². The van der Waals surface area contributed by atoms with Crippen molar-refractivity contribution < 1.29 is 24.9 Å². The normalized spacial score (nSPS) is 12.1. The van der Waals surface area contributed by atoms with E-state index in [2.05, 4.69) is 15.9 Å². The van der Waals surface area contributed by atoms with Crippen LogP contribution in [0, 0.1) is 0 Å². The van der Waals surface area contributed by atoms with Gasteiger partial charge in [0, 0.05) is 6.42 Å². The Bertz CT molecular complexity index is 443. The van der Waals surface area contributed by atoms with Crippen molar-refractivity contribution in [2.24, 2.45) is 0 Å². The van der Waals surface area contributed by atoms with Crippen molar-refractivity contribution in [2.75, 3.05) is 5.33 Å². The minimum absolute atomic E-state index is 0.0508. The predicted octanol–water partition coefficient (Wildman–Crippen LogP) is 1.02. The van der Waals surface area contributed by atoms with E-state index in [4.69, 9.17) is 5.11 Å². The fourth-order valence-corrected chi connectivity index (χ4v) is 1.58. The second-order valence-electron chi connectivity index (χ2n) is 3.52. The summed E-state index contributed by atoms with van der Waals surface area (Å²) in [5.74, 6) is -1.69. The van der Waals surface area contributed by atoms with E-state index in [1.807, 2.05) is 0 Å². The summed E-state index contributed by atoms with van der Waals surface area (Å²) < 4.78 is 0. The number of aromatic hydroxyl groups is 1. The lowest BCUT2D eigenvalue weighted by Gasteiger charge is -2.09. The van der Waals surface area contributed by atoms with Crippen LogP contribution in [0.5, 0.6) is 5.75 Å². The van der Waals surface area contributed by atoms with Crippen LogP contribution in [-0.2, 0) is 16.0 Å². The van der Waals surface area contributed by atoms with Crippen molar-refractivity contribution in [1.29, 1.82) is 0 Å². The number of aliphatic carboxylic acids is 1. The number of carboxylic acids is 1. The molecule has 6 heteroatoms. The summed E-state index contributed by atoms with van der Waals surface area (Å²) >= 11 is 3.01. The standard InChI is InChI=1S/C11H11BrO5/c12-5-9(14)3-6-1-7(4-8(13)2-6)10(15)11(16)17/h1-2,4,10,13,15H,3,5H2,(H,16,17). The molecule has 0 aliphatic rings. The topological polar surface area (TPSA) is 94.8 Å². The lowest BCUT2D eigenvalue weighted by atomic mass is 10.0. The Morgan fingerprint density at radius 1 is 1.29 bits per heavy atom. The van der Waals surface area contributed by atoms with Crippen LogP contribution in [0.1, 0.15) is 17.2 Å². The molecule has 0 spiro atoms. The molecule has 0 saturated heterocycles. The second kappa shape index (κ2) is 5.79. The van der Waals surface area contributed by atoms with Gasteiger partial charge in [-0.05, 0) is 23.3 Å². The average molecular weight is 303 g/mol. The van der Waals surface area contributed by atoms with Gasteiger partial charge in [-0.2, -0.15) is 0 Å². The number of benzene rings is 1. The number of phenols is 1. The van der Waals surface area contributed by atoms with Crippen molar-refractivity contribution in [3.8, 4) is 5.75 Å². The van der Waals surface area contributed by atoms with E-state index in [-0.39, 0.29) is 28.8 Å². The molecule has 92 valence electrons. The van der Waals surface area contributed by atoms with Crippen molar-refractivity contribution >= 4 is 27.7 Å². The summed E-state index contributed by atoms with van der Waals surface area (Å²) in [5.41, 5.74) is 0.514. The van der Waals surface area contributed by atoms with Gasteiger partial charge in [0.25, 0.3) is 0 Å². The fourth-order valence-electron chi connectivity index (χ4n) is 1.38. The summed E-state index contributed by atoms with van der Waals surface area (Å²) in [6.07, 6.45) is -1.64. The van der Waals surface area contributed by atoms with Crippen LogP contribution >= 0.6 is 15.9 Å². The van der Waals surface area contributed by atoms with Crippen LogP contribution in [0.4, 0.5) is 0 Å². The summed E-state index contributed by atoms with van der Waals surface area (Å²) in [7, 11) is 0. The van der Waals surface area contributed by atoms with E-state index in [1.54, 1.807) is 0 Å². The van der Waals surface area contributed by atoms with Crippen molar-refractivity contribution in [2.45, 2.75) is 12.5 Å². The Balaban J connectivity index is 3.01. The molecule has 0 heterocycles. The van der Waals surface area contributed by atoms with Crippen molar-refractivity contribution in [3.05, 3.63) is 29.3 Å². The zero-order valence-electron chi connectivity index (χ0n) is 8.76. The fraction of sp³-hybridized carbons (Fsp3) is 0.273. The summed E-state index contributed by atoms with van der Waals surface area (Å²) in [4.78, 5) is 21.8. The van der Waals surface area contributed by atoms with Gasteiger partial charge in [-0.25, -0.2) is 4.79 Å². The molecular weight excluding hydrogens is 292 g/mol. The van der Waals surface area contributed by atoms with E-state index < -0.39 is 12.1 Å². The molecule has 0 fully saturated rings. The van der Waals surface area contributed by atoms with Crippen LogP contribution in [0.15, 0.2) is 18.2 Å². The molecule has 1 unspecified atom stereocenters. The van der Waals surface area contributed by atoms with Crippen molar-refractivity contribution in [1.82, 2.24) is 0 Å². The van der Waals surface area contributed by atoms with E-state index in [0.29, 0.717) is 5.56 Å². The van der Waals surface area contributed by atoms with Gasteiger partial charge < -0.3 is 15.3 Å². The highest BCUT2D eigenvalue weighted by Gasteiger charge is 2.17. The van der Waals surface area contributed by atoms with Gasteiger partial charge in [0.05, 0.1) is 5.33 Å². The highest BCUT2D eigenvalue weighted by atomic mass is 79.9. The molecule has 1 rings (SSSR count). The number of ketones is 1. The summed E-state index contributed by atoms with van der Waals surface area (Å²) in [6.45, 7) is 0. The largest absolute Gasteiger partial charge is 0.508 e. The molecule has 3 N–H and O–H groups in total. The number of hydrogen-bond acceptors (Lipinski definition) is 4. The lowest BCUT2D eigenvalue weighted by molar-refractivity contribution is -0.146. The number of carbonyl (C=O) groups is 2. The quantitative estimate of drug-likeness (QED) is 0.706. The maximum atomic E-state index is 11.2. The first-order chi connectivity index (χ1) is 7.93. The van der Waals surface area contributed by atoms with Crippen LogP contribution in [-0.4, -0.2) is 32.4 Å². The van der Waals surface area contributed by atoms with Crippen molar-refractivity contribution in [3.63, 3.8) is 0 Å². The lowest BCUT2D eigenvalue weighted by Crippen LogP contribution is -2.11. The minimum atomic E-state index is -1.71. The Morgan fingerprint density at radius 3 is 2.47 bits per heavy atom. The molecule has 0 bridgehead atoms. The van der Waals surface area contributed by atoms with Crippen LogP contribution in [0.3, 0.4) is 0 Å². The Labute approximate surface area is 106 Å². The monoisotopic (exact) mass is 302 g/mol. The molecule has 1 aromatic carbocycles. The van der Waals surface area contributed by atoms with Gasteiger partial charge in [-0.1, -0.05) is 22.0 Å². The first kappa shape index (κ1) is 13.7. The molecule has 0 amide bonds. The third-order valence-electron chi connectivity index (χ3n) is 2.10. The first-order valence-corrected chi connectivity index (χ1v) is 5.87. The van der Waals surface area contributed by atoms with Gasteiger partial charge in [-0.15, -0.1) is 0 Å². The molecule has 0 saturated carbocycles. The third kappa shape index (κ3) is 3.83. The Kier molecular flexibility index (Phi) is 4.65. The van der Waals surface area contributed by atoms with E-state index in [9.17, 15) is 19.8 Å². The highest BCUT2D eigenvalue weighted by Crippen LogP contribution is 2.22. The number of aliphatic hydroxyl groups is 1. The van der Waals surface area contributed by atoms with Gasteiger partial charge in [0.15, 0.2) is 6.10 Å². The number of rotatable bonds is 5. The maximum absolute atomic E-state index is 11.2. The van der Waals surface area contributed by atoms with Crippen LogP contribution < -0.4 is 0 Å². The van der Waals surface area contributed by atoms with Gasteiger partial charge in [0.2, 0.25) is 0 Å². The minimum Gasteiger partial charge on any atom is -0.508 e. The SMILES string of the molecule is O=C(CBr)Cc1cc(O)cc(C(O)C(=O)O)c1. The Morgan fingerprint density at radius 2 is 1.94 bits per heavy atom. The third-order valence-corrected chi connectivity index (χ3v) is 2.73. The number of alkyl halides is 1. The number of halogens is 1. The molecule has 0 aliphatic carbocycles. The maximum Gasteiger partial charge on any atom is 0.337 e. The Hall–Kier alpha value is -1.40. The summed E-state index contributed by atoms with van der Waals surface area (Å²) in [6, 6.07) is 3.90. The molecule has 0 radical (unpaired) electrons. The molecule has 0 aromatic heterocycles. The molecule has 1 atom stereocenters. The summed E-state index contributed by atoms with van der Waals surface area (Å²) in [5, 5.41) is 27.5. The predicted molar refractivity (Wildman–Crippen MR) is 63.2 cm³/mol. The van der Waals surface area contributed by atoms with Gasteiger partial charge in [0.1, 0.15) is 11.5 Å². The van der Waals surface area contributed by atoms with E-state index in [1.165, 1.54) is 12.1 Å². The highest BCUT2D eigenvalue weighted by molar-refractivity contribution is 9.09. The number of phenolic OH excluding ortho intramolecular Hbond substituents is 1. The molecule has 5 nitrogen and oxygen atoms in total. The molecule has 17 heavy (non-hydrogen) atoms. The number of carboxylic acid groups (broad SMARTS) is 1. The number of Topliss-reactive ketones (excluding diaryl/α,β-unsaturated/α-hetero) is 1. The average Bonchev–Trinajstić information content (AvgIpc) is 2.26. The van der Waals surface area contributed by atoms with Crippen LogP contribution in [0.25, 0.3) is 0 Å². The smallest absolute Gasteiger partial charge is 0.337 e. The zero-order valence-corrected chi connectivity index (χ0v) is 10.3. The number of hydrogen-bond donors (Lipinski definition) is 3. The van der Waals surface area contributed by atoms with E-state index >= 15 is 0 Å². The second-order valence-corrected chi connectivity index (χ2v) is 4.08. The zero-order chi connectivity index (χ0) is 13.0. The molecule has 0 aliphatic heterocycles. The van der Waals surface area contributed by atoms with Crippen LogP contribution in [0.2, 0.25) is 0 Å². The molecule has 1 aromatic rings. The van der Waals surface area contributed by atoms with E-state index in [0.717, 1.165) is 6.07 Å². The first-order valence-electron chi connectivity index (χ1n) is 4.75. The number of aliphatic hydroxyl groups excluding tert-OH is 1. The van der Waals surface area contributed by atoms with Gasteiger partial charge in [-0.3, -0.25) is 4.79 Å².